The van der Waals surface area contributed by atoms with E-state index in [0.29, 0.717) is 12.1 Å². The summed E-state index contributed by atoms with van der Waals surface area (Å²) in [6.45, 7) is 3.92. The van der Waals surface area contributed by atoms with E-state index in [9.17, 15) is 9.59 Å². The van der Waals surface area contributed by atoms with Gasteiger partial charge in [-0.3, -0.25) is 9.59 Å². The van der Waals surface area contributed by atoms with Gasteiger partial charge in [0.15, 0.2) is 0 Å². The standard InChI is InChI=1S/C15H16N2O3/c1-15(2)11(12(15)14(19)20)13(18)17-8-10-5-3-9(7-16)4-6-10/h3-6,11-12H,8H2,1-2H3,(H,17,18)(H,19,20). The molecular weight excluding hydrogens is 256 g/mol. The van der Waals surface area contributed by atoms with Crippen LogP contribution in [-0.4, -0.2) is 17.0 Å². The van der Waals surface area contributed by atoms with Crippen LogP contribution in [0.4, 0.5) is 0 Å². The minimum atomic E-state index is -0.923. The second kappa shape index (κ2) is 4.97. The van der Waals surface area contributed by atoms with Crippen molar-refractivity contribution in [3.05, 3.63) is 35.4 Å². The molecule has 0 radical (unpaired) electrons. The molecule has 1 aromatic carbocycles. The number of carbonyl (C=O) groups excluding carboxylic acids is 1. The van der Waals surface area contributed by atoms with Crippen molar-refractivity contribution in [2.24, 2.45) is 17.3 Å². The molecule has 2 atom stereocenters. The van der Waals surface area contributed by atoms with E-state index >= 15 is 0 Å². The number of carboxylic acid groups (broad SMARTS) is 1. The molecule has 1 aliphatic rings. The number of benzene rings is 1. The number of carbonyl (C=O) groups is 2. The normalized spacial score (nSPS) is 22.6. The average molecular weight is 272 g/mol. The number of nitriles is 1. The minimum Gasteiger partial charge on any atom is -0.481 e. The summed E-state index contributed by atoms with van der Waals surface area (Å²) in [4.78, 5) is 23.0. The van der Waals surface area contributed by atoms with Crippen molar-refractivity contribution in [3.8, 4) is 6.07 Å². The topological polar surface area (TPSA) is 90.2 Å². The smallest absolute Gasteiger partial charge is 0.307 e. The number of carboxylic acids is 1. The zero-order valence-corrected chi connectivity index (χ0v) is 11.4. The van der Waals surface area contributed by atoms with Crippen molar-refractivity contribution < 1.29 is 14.7 Å². The maximum atomic E-state index is 12.0. The number of hydrogen-bond acceptors (Lipinski definition) is 3. The van der Waals surface area contributed by atoms with Crippen LogP contribution >= 0.6 is 0 Å². The van der Waals surface area contributed by atoms with Crippen molar-refractivity contribution in [1.29, 1.82) is 5.26 Å². The molecule has 0 aliphatic heterocycles. The summed E-state index contributed by atoms with van der Waals surface area (Å²) in [6.07, 6.45) is 0. The molecule has 104 valence electrons. The summed E-state index contributed by atoms with van der Waals surface area (Å²) in [5.41, 5.74) is 0.956. The van der Waals surface area contributed by atoms with Gasteiger partial charge in [0.2, 0.25) is 5.91 Å². The molecule has 0 spiro atoms. The van der Waals surface area contributed by atoms with Crippen LogP contribution < -0.4 is 5.32 Å². The van der Waals surface area contributed by atoms with Crippen LogP contribution in [0.5, 0.6) is 0 Å². The van der Waals surface area contributed by atoms with Crippen molar-refractivity contribution in [3.63, 3.8) is 0 Å². The SMILES string of the molecule is CC1(C)C(C(=O)O)C1C(=O)NCc1ccc(C#N)cc1. The zero-order chi connectivity index (χ0) is 14.9. The Labute approximate surface area is 117 Å². The summed E-state index contributed by atoms with van der Waals surface area (Å²) in [7, 11) is 0. The molecule has 0 bridgehead atoms. The number of nitrogens with one attached hydrogen (secondary N) is 1. The van der Waals surface area contributed by atoms with E-state index in [0.717, 1.165) is 5.56 Å². The second-order valence-electron chi connectivity index (χ2n) is 5.64. The Kier molecular flexibility index (Phi) is 3.49. The maximum Gasteiger partial charge on any atom is 0.307 e. The summed E-state index contributed by atoms with van der Waals surface area (Å²) in [5.74, 6) is -2.23. The van der Waals surface area contributed by atoms with Gasteiger partial charge in [0, 0.05) is 6.54 Å². The predicted octanol–water partition coefficient (Wildman–Crippen LogP) is 1.53. The first-order valence-electron chi connectivity index (χ1n) is 6.37. The minimum absolute atomic E-state index is 0.230. The van der Waals surface area contributed by atoms with E-state index in [1.165, 1.54) is 0 Å². The van der Waals surface area contributed by atoms with Crippen LogP contribution in [0.2, 0.25) is 0 Å². The first-order valence-corrected chi connectivity index (χ1v) is 6.37. The average Bonchev–Trinajstić information content (AvgIpc) is 3.00. The van der Waals surface area contributed by atoms with Crippen LogP contribution in [0.15, 0.2) is 24.3 Å². The predicted molar refractivity (Wildman–Crippen MR) is 71.4 cm³/mol. The Balaban J connectivity index is 1.93. The molecule has 1 aliphatic carbocycles. The molecular formula is C15H16N2O3. The van der Waals surface area contributed by atoms with Crippen LogP contribution in [0, 0.1) is 28.6 Å². The number of hydrogen-bond donors (Lipinski definition) is 2. The van der Waals surface area contributed by atoms with Gasteiger partial charge in [0.1, 0.15) is 0 Å². The Morgan fingerprint density at radius 1 is 1.30 bits per heavy atom. The van der Waals surface area contributed by atoms with Gasteiger partial charge in [0.05, 0.1) is 23.5 Å². The van der Waals surface area contributed by atoms with Gasteiger partial charge in [0.25, 0.3) is 0 Å². The lowest BCUT2D eigenvalue weighted by molar-refractivity contribution is -0.140. The highest BCUT2D eigenvalue weighted by Gasteiger charge is 2.65. The molecule has 2 N–H and O–H groups in total. The number of rotatable bonds is 4. The van der Waals surface area contributed by atoms with Gasteiger partial charge in [-0.25, -0.2) is 0 Å². The monoisotopic (exact) mass is 272 g/mol. The summed E-state index contributed by atoms with van der Waals surface area (Å²) < 4.78 is 0. The van der Waals surface area contributed by atoms with E-state index < -0.39 is 23.2 Å². The van der Waals surface area contributed by atoms with E-state index in [1.54, 1.807) is 38.1 Å². The maximum absolute atomic E-state index is 12.0. The van der Waals surface area contributed by atoms with E-state index in [2.05, 4.69) is 5.32 Å². The van der Waals surface area contributed by atoms with Crippen LogP contribution in [-0.2, 0) is 16.1 Å². The Morgan fingerprint density at radius 3 is 2.35 bits per heavy atom. The second-order valence-corrected chi connectivity index (χ2v) is 5.64. The van der Waals surface area contributed by atoms with E-state index in [1.807, 2.05) is 6.07 Å². The third-order valence-corrected chi connectivity index (χ3v) is 3.93. The first kappa shape index (κ1) is 14.1. The fourth-order valence-corrected chi connectivity index (χ4v) is 2.58. The van der Waals surface area contributed by atoms with Crippen molar-refractivity contribution in [2.45, 2.75) is 20.4 Å². The molecule has 1 amide bonds. The molecule has 2 rings (SSSR count). The van der Waals surface area contributed by atoms with Crippen LogP contribution in [0.25, 0.3) is 0 Å². The van der Waals surface area contributed by atoms with Gasteiger partial charge in [-0.05, 0) is 23.1 Å². The van der Waals surface area contributed by atoms with Gasteiger partial charge in [-0.15, -0.1) is 0 Å². The Bertz CT molecular complexity index is 584. The van der Waals surface area contributed by atoms with Crippen molar-refractivity contribution >= 4 is 11.9 Å². The van der Waals surface area contributed by atoms with Gasteiger partial charge in [-0.2, -0.15) is 5.26 Å². The number of amides is 1. The van der Waals surface area contributed by atoms with Crippen LogP contribution in [0.3, 0.4) is 0 Å². The summed E-state index contributed by atoms with van der Waals surface area (Å²) in [5, 5.41) is 20.5. The molecule has 0 heterocycles. The van der Waals surface area contributed by atoms with Crippen molar-refractivity contribution in [1.82, 2.24) is 5.32 Å². The molecule has 20 heavy (non-hydrogen) atoms. The summed E-state index contributed by atoms with van der Waals surface area (Å²) in [6, 6.07) is 8.93. The first-order chi connectivity index (χ1) is 9.37. The highest BCUT2D eigenvalue weighted by atomic mass is 16.4. The lowest BCUT2D eigenvalue weighted by Gasteiger charge is -2.06. The van der Waals surface area contributed by atoms with Gasteiger partial charge >= 0.3 is 5.97 Å². The fourth-order valence-electron chi connectivity index (χ4n) is 2.58. The van der Waals surface area contributed by atoms with Crippen molar-refractivity contribution in [2.75, 3.05) is 0 Å². The van der Waals surface area contributed by atoms with Gasteiger partial charge < -0.3 is 10.4 Å². The fraction of sp³-hybridized carbons (Fsp3) is 0.400. The molecule has 5 heteroatoms. The molecule has 0 saturated heterocycles. The van der Waals surface area contributed by atoms with Crippen LogP contribution in [0.1, 0.15) is 25.0 Å². The number of aliphatic carboxylic acids is 1. The quantitative estimate of drug-likeness (QED) is 0.869. The third kappa shape index (κ3) is 2.50. The molecule has 5 nitrogen and oxygen atoms in total. The Hall–Kier alpha value is -2.35. The highest BCUT2D eigenvalue weighted by Crippen LogP contribution is 2.58. The summed E-state index contributed by atoms with van der Waals surface area (Å²) >= 11 is 0. The van der Waals surface area contributed by atoms with Gasteiger partial charge in [-0.1, -0.05) is 26.0 Å². The van der Waals surface area contributed by atoms with E-state index in [-0.39, 0.29) is 5.91 Å². The molecule has 1 fully saturated rings. The Morgan fingerprint density at radius 2 is 1.90 bits per heavy atom. The molecule has 1 saturated carbocycles. The lowest BCUT2D eigenvalue weighted by atomic mass is 10.1. The molecule has 1 aromatic rings. The number of nitrogens with zero attached hydrogens (tertiary/aromatic N) is 1. The molecule has 0 aromatic heterocycles. The zero-order valence-electron chi connectivity index (χ0n) is 11.4. The highest BCUT2D eigenvalue weighted by molar-refractivity contribution is 5.91. The molecule has 2 unspecified atom stereocenters. The van der Waals surface area contributed by atoms with E-state index in [4.69, 9.17) is 10.4 Å². The lowest BCUT2D eigenvalue weighted by Crippen LogP contribution is -2.26. The third-order valence-electron chi connectivity index (χ3n) is 3.93. The largest absolute Gasteiger partial charge is 0.481 e.